The van der Waals surface area contributed by atoms with E-state index in [0.29, 0.717) is 11.5 Å². The molecule has 0 aliphatic heterocycles. The minimum atomic E-state index is -0.0179. The van der Waals surface area contributed by atoms with Crippen LogP contribution in [-0.2, 0) is 6.54 Å². The summed E-state index contributed by atoms with van der Waals surface area (Å²) in [7, 11) is 1.60. The predicted molar refractivity (Wildman–Crippen MR) is 77.2 cm³/mol. The lowest BCUT2D eigenvalue weighted by molar-refractivity contribution is 0.196. The third-order valence-corrected chi connectivity index (χ3v) is 3.44. The summed E-state index contributed by atoms with van der Waals surface area (Å²) < 4.78 is 10.7. The van der Waals surface area contributed by atoms with Gasteiger partial charge in [0, 0.05) is 23.2 Å². The smallest absolute Gasteiger partial charge is 0.163 e. The van der Waals surface area contributed by atoms with E-state index in [0.717, 1.165) is 12.2 Å². The van der Waals surface area contributed by atoms with E-state index in [1.807, 2.05) is 24.3 Å². The molecule has 0 spiro atoms. The molecule has 2 N–H and O–H groups in total. The molecular formula is C14H17NO3S. The van der Waals surface area contributed by atoms with Gasteiger partial charge in [0.25, 0.3) is 0 Å². The lowest BCUT2D eigenvalue weighted by atomic mass is 10.2. The van der Waals surface area contributed by atoms with Gasteiger partial charge >= 0.3 is 0 Å². The van der Waals surface area contributed by atoms with Gasteiger partial charge in [-0.2, -0.15) is 0 Å². The molecule has 0 fully saturated rings. The number of aliphatic hydroxyl groups is 1. The summed E-state index contributed by atoms with van der Waals surface area (Å²) in [5, 5.41) is 14.2. The number of methoxy groups -OCH3 is 1. The maximum Gasteiger partial charge on any atom is 0.163 e. The molecule has 0 saturated carbocycles. The third kappa shape index (κ3) is 3.87. The van der Waals surface area contributed by atoms with Gasteiger partial charge < -0.3 is 19.9 Å². The van der Waals surface area contributed by atoms with Crippen LogP contribution in [0.5, 0.6) is 11.5 Å². The van der Waals surface area contributed by atoms with Crippen LogP contribution in [0, 0.1) is 0 Å². The Morgan fingerprint density at radius 2 is 2.16 bits per heavy atom. The number of rotatable bonds is 7. The Hall–Kier alpha value is -1.72. The molecule has 5 heteroatoms. The van der Waals surface area contributed by atoms with Gasteiger partial charge in [-0.3, -0.25) is 0 Å². The van der Waals surface area contributed by atoms with Crippen LogP contribution in [-0.4, -0.2) is 25.4 Å². The number of hydrogen-bond donors (Lipinski definition) is 2. The van der Waals surface area contributed by atoms with Crippen molar-refractivity contribution >= 4 is 17.0 Å². The molecule has 2 rings (SSSR count). The molecule has 4 nitrogen and oxygen atoms in total. The predicted octanol–water partition coefficient (Wildman–Crippen LogP) is 2.74. The fourth-order valence-corrected chi connectivity index (χ4v) is 2.30. The summed E-state index contributed by atoms with van der Waals surface area (Å²) in [5.74, 6) is 1.29. The minimum Gasteiger partial charge on any atom is -0.493 e. The number of aliphatic hydroxyl groups excluding tert-OH is 1. The molecule has 0 radical (unpaired) electrons. The van der Waals surface area contributed by atoms with E-state index in [2.05, 4.69) is 16.8 Å². The fourth-order valence-electron chi connectivity index (χ4n) is 1.66. The van der Waals surface area contributed by atoms with Crippen LogP contribution in [0.25, 0.3) is 0 Å². The molecule has 0 saturated heterocycles. The third-order valence-electron chi connectivity index (χ3n) is 2.56. The highest BCUT2D eigenvalue weighted by Gasteiger charge is 2.05. The van der Waals surface area contributed by atoms with Gasteiger partial charge in [0.1, 0.15) is 6.61 Å². The Morgan fingerprint density at radius 1 is 1.26 bits per heavy atom. The number of nitrogens with one attached hydrogen (secondary N) is 1. The van der Waals surface area contributed by atoms with E-state index >= 15 is 0 Å². The molecule has 0 aliphatic rings. The Labute approximate surface area is 116 Å². The molecule has 0 atom stereocenters. The van der Waals surface area contributed by atoms with Gasteiger partial charge in [-0.05, 0) is 23.6 Å². The van der Waals surface area contributed by atoms with Crippen molar-refractivity contribution in [2.45, 2.75) is 6.54 Å². The van der Waals surface area contributed by atoms with Gasteiger partial charge in [0.05, 0.1) is 13.7 Å². The summed E-state index contributed by atoms with van der Waals surface area (Å²) in [6.45, 7) is 1.02. The van der Waals surface area contributed by atoms with Crippen LogP contribution in [0.4, 0.5) is 5.69 Å². The Kier molecular flexibility index (Phi) is 5.06. The number of anilines is 1. The second kappa shape index (κ2) is 7.01. The maximum atomic E-state index is 8.81. The fraction of sp³-hybridized carbons (Fsp3) is 0.286. The first-order valence-corrected chi connectivity index (χ1v) is 6.89. The highest BCUT2D eigenvalue weighted by Crippen LogP contribution is 2.30. The van der Waals surface area contributed by atoms with Crippen molar-refractivity contribution in [3.05, 3.63) is 40.6 Å². The SMILES string of the molecule is COc1ccc(NCc2cccs2)cc1OCCO. The van der Waals surface area contributed by atoms with Crippen molar-refractivity contribution in [1.82, 2.24) is 0 Å². The van der Waals surface area contributed by atoms with Crippen LogP contribution in [0.15, 0.2) is 35.7 Å². The summed E-state index contributed by atoms with van der Waals surface area (Å²) in [6, 6.07) is 9.79. The molecule has 1 aromatic carbocycles. The van der Waals surface area contributed by atoms with Crippen LogP contribution in [0.1, 0.15) is 4.88 Å². The monoisotopic (exact) mass is 279 g/mol. The number of benzene rings is 1. The first kappa shape index (κ1) is 13.7. The summed E-state index contributed by atoms with van der Waals surface area (Å²) in [6.07, 6.45) is 0. The number of thiophene rings is 1. The highest BCUT2D eigenvalue weighted by atomic mass is 32.1. The lowest BCUT2D eigenvalue weighted by Crippen LogP contribution is -2.04. The van der Waals surface area contributed by atoms with E-state index in [4.69, 9.17) is 14.6 Å². The van der Waals surface area contributed by atoms with Crippen LogP contribution in [0.3, 0.4) is 0 Å². The van der Waals surface area contributed by atoms with Crippen molar-refractivity contribution < 1.29 is 14.6 Å². The molecule has 0 unspecified atom stereocenters. The average molecular weight is 279 g/mol. The zero-order chi connectivity index (χ0) is 13.5. The molecule has 102 valence electrons. The van der Waals surface area contributed by atoms with Crippen molar-refractivity contribution in [3.8, 4) is 11.5 Å². The zero-order valence-corrected chi connectivity index (χ0v) is 11.6. The van der Waals surface area contributed by atoms with E-state index < -0.39 is 0 Å². The summed E-state index contributed by atoms with van der Waals surface area (Å²) in [4.78, 5) is 1.27. The average Bonchev–Trinajstić information content (AvgIpc) is 2.96. The molecule has 1 aromatic heterocycles. The zero-order valence-electron chi connectivity index (χ0n) is 10.8. The molecule has 19 heavy (non-hydrogen) atoms. The molecule has 1 heterocycles. The van der Waals surface area contributed by atoms with E-state index in [9.17, 15) is 0 Å². The van der Waals surface area contributed by atoms with Crippen molar-refractivity contribution in [3.63, 3.8) is 0 Å². The van der Waals surface area contributed by atoms with Crippen LogP contribution < -0.4 is 14.8 Å². The Bertz CT molecular complexity index is 499. The van der Waals surface area contributed by atoms with Crippen LogP contribution >= 0.6 is 11.3 Å². The van der Waals surface area contributed by atoms with Crippen molar-refractivity contribution in [1.29, 1.82) is 0 Å². The first-order valence-electron chi connectivity index (χ1n) is 6.01. The Balaban J connectivity index is 2.04. The van der Waals surface area contributed by atoms with E-state index in [1.54, 1.807) is 18.4 Å². The molecule has 0 amide bonds. The van der Waals surface area contributed by atoms with Crippen molar-refractivity contribution in [2.24, 2.45) is 0 Å². The van der Waals surface area contributed by atoms with Gasteiger partial charge in [-0.25, -0.2) is 0 Å². The largest absolute Gasteiger partial charge is 0.493 e. The Morgan fingerprint density at radius 3 is 2.84 bits per heavy atom. The van der Waals surface area contributed by atoms with Gasteiger partial charge in [-0.15, -0.1) is 11.3 Å². The standard InChI is InChI=1S/C14H17NO3S/c1-17-13-5-4-11(9-14(13)18-7-6-16)15-10-12-3-2-8-19-12/h2-5,8-9,15-16H,6-7,10H2,1H3. The first-order chi connectivity index (χ1) is 9.33. The quantitative estimate of drug-likeness (QED) is 0.818. The summed E-state index contributed by atoms with van der Waals surface area (Å²) >= 11 is 1.72. The summed E-state index contributed by atoms with van der Waals surface area (Å²) in [5.41, 5.74) is 0.960. The topological polar surface area (TPSA) is 50.7 Å². The van der Waals surface area contributed by atoms with Crippen molar-refractivity contribution in [2.75, 3.05) is 25.6 Å². The minimum absolute atomic E-state index is 0.0179. The number of ether oxygens (including phenoxy) is 2. The lowest BCUT2D eigenvalue weighted by Gasteiger charge is -2.12. The van der Waals surface area contributed by atoms with Gasteiger partial charge in [0.2, 0.25) is 0 Å². The maximum absolute atomic E-state index is 8.81. The molecule has 2 aromatic rings. The normalized spacial score (nSPS) is 10.2. The van der Waals surface area contributed by atoms with E-state index in [1.165, 1.54) is 4.88 Å². The highest BCUT2D eigenvalue weighted by molar-refractivity contribution is 7.09. The number of hydrogen-bond acceptors (Lipinski definition) is 5. The van der Waals surface area contributed by atoms with Crippen LogP contribution in [0.2, 0.25) is 0 Å². The van der Waals surface area contributed by atoms with E-state index in [-0.39, 0.29) is 13.2 Å². The van der Waals surface area contributed by atoms with Gasteiger partial charge in [0.15, 0.2) is 11.5 Å². The van der Waals surface area contributed by atoms with Gasteiger partial charge in [-0.1, -0.05) is 6.07 Å². The molecular weight excluding hydrogens is 262 g/mol. The molecule has 0 aliphatic carbocycles. The second-order valence-electron chi connectivity index (χ2n) is 3.87. The second-order valence-corrected chi connectivity index (χ2v) is 4.90. The molecule has 0 bridgehead atoms.